The van der Waals surface area contributed by atoms with E-state index in [4.69, 9.17) is 4.74 Å². The number of nitrogens with zero attached hydrogens (tertiary/aromatic N) is 1. The van der Waals surface area contributed by atoms with Crippen molar-refractivity contribution in [2.75, 3.05) is 6.54 Å². The lowest BCUT2D eigenvalue weighted by atomic mass is 10.3. The Labute approximate surface area is 127 Å². The lowest BCUT2D eigenvalue weighted by Gasteiger charge is -2.07. The van der Waals surface area contributed by atoms with E-state index in [-0.39, 0.29) is 0 Å². The molecule has 0 atom stereocenters. The van der Waals surface area contributed by atoms with Crippen molar-refractivity contribution >= 4 is 22.6 Å². The average Bonchev–Trinajstić information content (AvgIpc) is 2.39. The molecule has 0 aliphatic carbocycles. The van der Waals surface area contributed by atoms with Crippen molar-refractivity contribution in [3.05, 3.63) is 51.7 Å². The number of hydrogen-bond acceptors (Lipinski definition) is 3. The molecule has 0 aliphatic heterocycles. The van der Waals surface area contributed by atoms with Crippen molar-refractivity contribution < 1.29 is 4.74 Å². The molecule has 100 valence electrons. The topological polar surface area (TPSA) is 34.1 Å². The lowest BCUT2D eigenvalue weighted by Crippen LogP contribution is -2.14. The summed E-state index contributed by atoms with van der Waals surface area (Å²) in [4.78, 5) is 4.48. The largest absolute Gasteiger partial charge is 0.439 e. The zero-order valence-corrected chi connectivity index (χ0v) is 13.1. The molecule has 0 saturated carbocycles. The molecule has 0 spiro atoms. The summed E-state index contributed by atoms with van der Waals surface area (Å²) in [5.74, 6) is 1.45. The Kier molecular flexibility index (Phi) is 5.60. The lowest BCUT2D eigenvalue weighted by molar-refractivity contribution is 0.459. The van der Waals surface area contributed by atoms with Crippen LogP contribution in [0.3, 0.4) is 0 Å². The number of ether oxygens (including phenoxy) is 1. The van der Waals surface area contributed by atoms with Crippen molar-refractivity contribution in [3.8, 4) is 11.6 Å². The predicted octanol–water partition coefficient (Wildman–Crippen LogP) is 3.98. The second-order valence-electron chi connectivity index (χ2n) is 4.20. The van der Waals surface area contributed by atoms with E-state index in [2.05, 4.69) is 39.8 Å². The van der Waals surface area contributed by atoms with Gasteiger partial charge in [0.1, 0.15) is 5.75 Å². The fourth-order valence-corrected chi connectivity index (χ4v) is 2.17. The molecular formula is C15H17IN2O. The molecule has 0 saturated heterocycles. The summed E-state index contributed by atoms with van der Waals surface area (Å²) >= 11 is 2.27. The second kappa shape index (κ2) is 7.45. The number of rotatable bonds is 6. The van der Waals surface area contributed by atoms with E-state index in [1.54, 1.807) is 0 Å². The van der Waals surface area contributed by atoms with Crippen molar-refractivity contribution in [1.29, 1.82) is 0 Å². The molecule has 0 aliphatic rings. The van der Waals surface area contributed by atoms with Gasteiger partial charge in [0, 0.05) is 16.2 Å². The van der Waals surface area contributed by atoms with Crippen LogP contribution in [0, 0.1) is 3.57 Å². The van der Waals surface area contributed by atoms with Crippen molar-refractivity contribution in [3.63, 3.8) is 0 Å². The highest BCUT2D eigenvalue weighted by molar-refractivity contribution is 14.1. The predicted molar refractivity (Wildman–Crippen MR) is 85.5 cm³/mol. The van der Waals surface area contributed by atoms with Crippen LogP contribution < -0.4 is 10.1 Å². The minimum atomic E-state index is 0.637. The van der Waals surface area contributed by atoms with E-state index >= 15 is 0 Å². The summed E-state index contributed by atoms with van der Waals surface area (Å²) in [5.41, 5.74) is 0.997. The van der Waals surface area contributed by atoms with E-state index in [0.717, 1.165) is 34.5 Å². The van der Waals surface area contributed by atoms with Gasteiger partial charge in [0.25, 0.3) is 0 Å². The fraction of sp³-hybridized carbons (Fsp3) is 0.267. The molecule has 0 fully saturated rings. The number of benzene rings is 1. The van der Waals surface area contributed by atoms with Crippen LogP contribution in [0.2, 0.25) is 0 Å². The van der Waals surface area contributed by atoms with Crippen LogP contribution in [0.1, 0.15) is 19.0 Å². The van der Waals surface area contributed by atoms with Gasteiger partial charge in [0.15, 0.2) is 0 Å². The van der Waals surface area contributed by atoms with Crippen molar-refractivity contribution in [2.45, 2.75) is 19.9 Å². The third kappa shape index (κ3) is 4.80. The van der Waals surface area contributed by atoms with Crippen molar-refractivity contribution in [2.24, 2.45) is 0 Å². The van der Waals surface area contributed by atoms with Gasteiger partial charge in [-0.25, -0.2) is 4.98 Å². The van der Waals surface area contributed by atoms with Crippen LogP contribution in [0.4, 0.5) is 0 Å². The van der Waals surface area contributed by atoms with Gasteiger partial charge in [-0.2, -0.15) is 0 Å². The van der Waals surface area contributed by atoms with Gasteiger partial charge in [0.2, 0.25) is 5.88 Å². The highest BCUT2D eigenvalue weighted by atomic mass is 127. The van der Waals surface area contributed by atoms with Crippen LogP contribution >= 0.6 is 22.6 Å². The number of halogens is 1. The zero-order chi connectivity index (χ0) is 13.5. The van der Waals surface area contributed by atoms with Gasteiger partial charge in [0.05, 0.1) is 5.69 Å². The molecule has 1 aromatic heterocycles. The van der Waals surface area contributed by atoms with Gasteiger partial charge in [-0.1, -0.05) is 19.1 Å². The molecule has 0 radical (unpaired) electrons. The summed E-state index contributed by atoms with van der Waals surface area (Å²) in [6.45, 7) is 3.93. The first kappa shape index (κ1) is 14.3. The summed E-state index contributed by atoms with van der Waals surface area (Å²) in [7, 11) is 0. The quantitative estimate of drug-likeness (QED) is 0.619. The molecule has 0 bridgehead atoms. The van der Waals surface area contributed by atoms with Gasteiger partial charge in [-0.15, -0.1) is 0 Å². The highest BCUT2D eigenvalue weighted by Gasteiger charge is 2.01. The third-order valence-electron chi connectivity index (χ3n) is 2.53. The van der Waals surface area contributed by atoms with Crippen LogP contribution in [-0.4, -0.2) is 11.5 Å². The molecule has 1 heterocycles. The molecule has 2 rings (SSSR count). The van der Waals surface area contributed by atoms with E-state index in [0.29, 0.717) is 5.88 Å². The number of nitrogens with one attached hydrogen (secondary N) is 1. The Balaban J connectivity index is 2.02. The van der Waals surface area contributed by atoms with Crippen LogP contribution in [0.5, 0.6) is 11.6 Å². The maximum Gasteiger partial charge on any atom is 0.219 e. The molecule has 1 N–H and O–H groups in total. The molecule has 19 heavy (non-hydrogen) atoms. The third-order valence-corrected chi connectivity index (χ3v) is 3.20. The molecular weight excluding hydrogens is 351 g/mol. The number of hydrogen-bond donors (Lipinski definition) is 1. The Morgan fingerprint density at radius 3 is 2.84 bits per heavy atom. The summed E-state index contributed by atoms with van der Waals surface area (Å²) in [6, 6.07) is 13.8. The normalized spacial score (nSPS) is 10.4. The average molecular weight is 368 g/mol. The first-order valence-corrected chi connectivity index (χ1v) is 7.46. The Hall–Kier alpha value is -1.14. The second-order valence-corrected chi connectivity index (χ2v) is 5.45. The Bertz CT molecular complexity index is 531. The van der Waals surface area contributed by atoms with Crippen LogP contribution in [0.15, 0.2) is 42.5 Å². The van der Waals surface area contributed by atoms with Crippen molar-refractivity contribution in [1.82, 2.24) is 10.3 Å². The van der Waals surface area contributed by atoms with Gasteiger partial charge in [-0.3, -0.25) is 0 Å². The van der Waals surface area contributed by atoms with E-state index < -0.39 is 0 Å². The fourth-order valence-electron chi connectivity index (χ4n) is 1.66. The SMILES string of the molecule is CCCNCc1cccc(Oc2cccc(I)c2)n1. The Morgan fingerprint density at radius 2 is 2.05 bits per heavy atom. The number of pyridine rings is 1. The first-order chi connectivity index (χ1) is 9.28. The summed E-state index contributed by atoms with van der Waals surface area (Å²) in [5, 5.41) is 3.33. The molecule has 0 amide bonds. The minimum absolute atomic E-state index is 0.637. The van der Waals surface area contributed by atoms with E-state index in [1.165, 1.54) is 0 Å². The van der Waals surface area contributed by atoms with Crippen LogP contribution in [-0.2, 0) is 6.54 Å². The Morgan fingerprint density at radius 1 is 1.21 bits per heavy atom. The van der Waals surface area contributed by atoms with Gasteiger partial charge < -0.3 is 10.1 Å². The van der Waals surface area contributed by atoms with E-state index in [1.807, 2.05) is 42.5 Å². The smallest absolute Gasteiger partial charge is 0.219 e. The monoisotopic (exact) mass is 368 g/mol. The molecule has 3 nitrogen and oxygen atoms in total. The molecule has 2 aromatic rings. The van der Waals surface area contributed by atoms with Crippen LogP contribution in [0.25, 0.3) is 0 Å². The summed E-state index contributed by atoms with van der Waals surface area (Å²) in [6.07, 6.45) is 1.12. The van der Waals surface area contributed by atoms with Gasteiger partial charge in [-0.05, 0) is 59.8 Å². The standard InChI is InChI=1S/C15H17IN2O/c1-2-9-17-11-13-6-4-8-15(18-13)19-14-7-3-5-12(16)10-14/h3-8,10,17H,2,9,11H2,1H3. The molecule has 4 heteroatoms. The van der Waals surface area contributed by atoms with E-state index in [9.17, 15) is 0 Å². The maximum absolute atomic E-state index is 5.76. The zero-order valence-electron chi connectivity index (χ0n) is 10.9. The minimum Gasteiger partial charge on any atom is -0.439 e. The maximum atomic E-state index is 5.76. The summed E-state index contributed by atoms with van der Waals surface area (Å²) < 4.78 is 6.91. The van der Waals surface area contributed by atoms with Gasteiger partial charge >= 0.3 is 0 Å². The highest BCUT2D eigenvalue weighted by Crippen LogP contribution is 2.21. The number of aromatic nitrogens is 1. The first-order valence-electron chi connectivity index (χ1n) is 6.38. The molecule has 0 unspecified atom stereocenters. The molecule has 1 aromatic carbocycles.